The zero-order valence-corrected chi connectivity index (χ0v) is 27.8. The van der Waals surface area contributed by atoms with Crippen molar-refractivity contribution in [1.82, 2.24) is 10.2 Å². The molecule has 0 saturated heterocycles. The van der Waals surface area contributed by atoms with E-state index >= 15 is 0 Å². The molecule has 0 aliphatic rings. The Balaban J connectivity index is 1.84. The Hall–Kier alpha value is -4.54. The average molecular weight is 664 g/mol. The van der Waals surface area contributed by atoms with Crippen molar-refractivity contribution in [1.29, 1.82) is 0 Å². The van der Waals surface area contributed by atoms with Crippen molar-refractivity contribution >= 4 is 39.1 Å². The van der Waals surface area contributed by atoms with Crippen molar-refractivity contribution < 1.29 is 27.5 Å². The summed E-state index contributed by atoms with van der Waals surface area (Å²) in [6.07, 6.45) is 0.192. The van der Waals surface area contributed by atoms with Gasteiger partial charge in [0, 0.05) is 30.1 Å². The van der Waals surface area contributed by atoms with Crippen LogP contribution in [-0.2, 0) is 32.6 Å². The van der Waals surface area contributed by atoms with Gasteiger partial charge in [0.05, 0.1) is 24.8 Å². The molecule has 0 aliphatic carbocycles. The summed E-state index contributed by atoms with van der Waals surface area (Å²) in [5.41, 5.74) is 1.62. The van der Waals surface area contributed by atoms with Crippen LogP contribution in [0.15, 0.2) is 108 Å². The molecule has 0 saturated carbocycles. The molecule has 4 rings (SSSR count). The lowest BCUT2D eigenvalue weighted by atomic mass is 10.0. The van der Waals surface area contributed by atoms with E-state index in [-0.39, 0.29) is 41.2 Å². The normalized spacial score (nSPS) is 11.9. The fraction of sp³-hybridized carbons (Fsp3) is 0.257. The van der Waals surface area contributed by atoms with Crippen LogP contribution in [0.1, 0.15) is 25.0 Å². The Bertz CT molecular complexity index is 1740. The van der Waals surface area contributed by atoms with E-state index in [9.17, 15) is 18.0 Å². The molecule has 9 nitrogen and oxygen atoms in total. The van der Waals surface area contributed by atoms with Crippen molar-refractivity contribution in [3.8, 4) is 11.5 Å². The second-order valence-electron chi connectivity index (χ2n) is 10.8. The van der Waals surface area contributed by atoms with Gasteiger partial charge >= 0.3 is 0 Å². The number of amides is 2. The highest BCUT2D eigenvalue weighted by Crippen LogP contribution is 2.34. The SMILES string of the molecule is COc1ccc(N(CC(=O)N(Cc2ccccc2Cl)[C@@H](Cc2ccccc2)C(=O)NC(C)C)S(=O)(=O)c2ccccc2)cc1OC. The molecule has 0 aliphatic heterocycles. The van der Waals surface area contributed by atoms with Crippen molar-refractivity contribution in [3.63, 3.8) is 0 Å². The maximum absolute atomic E-state index is 14.6. The lowest BCUT2D eigenvalue weighted by molar-refractivity contribution is -0.140. The predicted molar refractivity (Wildman–Crippen MR) is 180 cm³/mol. The van der Waals surface area contributed by atoms with E-state index in [1.807, 2.05) is 44.2 Å². The summed E-state index contributed by atoms with van der Waals surface area (Å²) < 4.78 is 40.2. The summed E-state index contributed by atoms with van der Waals surface area (Å²) in [6, 6.07) is 27.7. The van der Waals surface area contributed by atoms with Gasteiger partial charge in [-0.15, -0.1) is 0 Å². The van der Waals surface area contributed by atoms with Gasteiger partial charge < -0.3 is 19.7 Å². The van der Waals surface area contributed by atoms with E-state index in [0.29, 0.717) is 16.3 Å². The number of methoxy groups -OCH3 is 2. The summed E-state index contributed by atoms with van der Waals surface area (Å²) in [5, 5.41) is 3.35. The van der Waals surface area contributed by atoms with Crippen LogP contribution in [0.3, 0.4) is 0 Å². The van der Waals surface area contributed by atoms with Crippen molar-refractivity contribution in [2.45, 2.75) is 43.8 Å². The van der Waals surface area contributed by atoms with E-state index in [2.05, 4.69) is 5.32 Å². The van der Waals surface area contributed by atoms with Gasteiger partial charge in [0.1, 0.15) is 12.6 Å². The molecule has 0 unspecified atom stereocenters. The maximum Gasteiger partial charge on any atom is 0.264 e. The first-order chi connectivity index (χ1) is 22.0. The van der Waals surface area contributed by atoms with Crippen LogP contribution in [0.4, 0.5) is 5.69 Å². The van der Waals surface area contributed by atoms with E-state index in [4.69, 9.17) is 21.1 Å². The molecule has 0 fully saturated rings. The third kappa shape index (κ3) is 8.38. The van der Waals surface area contributed by atoms with Crippen LogP contribution >= 0.6 is 11.6 Å². The van der Waals surface area contributed by atoms with Crippen LogP contribution in [-0.4, -0.2) is 58.0 Å². The summed E-state index contributed by atoms with van der Waals surface area (Å²) in [5.74, 6) is -0.299. The number of nitrogens with one attached hydrogen (secondary N) is 1. The standard InChI is InChI=1S/C35H38ClN3O6S/c1-25(2)37-35(41)31(21-26-13-7-5-8-14-26)38(23-27-15-11-12-18-30(27)36)34(40)24-39(46(42,43)29-16-9-6-10-17-29)28-19-20-32(44-3)33(22-28)45-4/h5-20,22,25,31H,21,23-24H2,1-4H3,(H,37,41)/t31-/m0/s1. The average Bonchev–Trinajstić information content (AvgIpc) is 3.06. The number of rotatable bonds is 14. The molecule has 242 valence electrons. The number of nitrogens with zero attached hydrogens (tertiary/aromatic N) is 2. The first kappa shape index (κ1) is 34.3. The zero-order chi connectivity index (χ0) is 33.3. The number of carbonyl (C=O) groups is 2. The summed E-state index contributed by atoms with van der Waals surface area (Å²) in [6.45, 7) is 3.02. The van der Waals surface area contributed by atoms with Crippen LogP contribution in [0.25, 0.3) is 0 Å². The Kier molecular flexibility index (Phi) is 11.7. The summed E-state index contributed by atoms with van der Waals surface area (Å²) >= 11 is 6.55. The quantitative estimate of drug-likeness (QED) is 0.185. The topological polar surface area (TPSA) is 105 Å². The number of anilines is 1. The number of hydrogen-bond acceptors (Lipinski definition) is 6. The van der Waals surface area contributed by atoms with E-state index < -0.39 is 28.5 Å². The van der Waals surface area contributed by atoms with Crippen LogP contribution < -0.4 is 19.1 Å². The van der Waals surface area contributed by atoms with Crippen molar-refractivity contribution in [2.75, 3.05) is 25.1 Å². The zero-order valence-electron chi connectivity index (χ0n) is 26.2. The second kappa shape index (κ2) is 15.6. The van der Waals surface area contributed by atoms with Crippen molar-refractivity contribution in [3.05, 3.63) is 119 Å². The second-order valence-corrected chi connectivity index (χ2v) is 13.1. The van der Waals surface area contributed by atoms with Crippen LogP contribution in [0.2, 0.25) is 5.02 Å². The molecular formula is C35H38ClN3O6S. The Labute approximate surface area is 275 Å². The highest BCUT2D eigenvalue weighted by atomic mass is 35.5. The fourth-order valence-corrected chi connectivity index (χ4v) is 6.60. The molecule has 46 heavy (non-hydrogen) atoms. The number of carbonyl (C=O) groups excluding carboxylic acids is 2. The number of ether oxygens (including phenoxy) is 2. The monoisotopic (exact) mass is 663 g/mol. The Morgan fingerprint density at radius 3 is 2.04 bits per heavy atom. The van der Waals surface area contributed by atoms with E-state index in [0.717, 1.165) is 9.87 Å². The van der Waals surface area contributed by atoms with Gasteiger partial charge in [0.2, 0.25) is 11.8 Å². The molecule has 0 radical (unpaired) electrons. The van der Waals surface area contributed by atoms with E-state index in [1.165, 1.54) is 37.3 Å². The molecule has 0 spiro atoms. The molecule has 0 heterocycles. The van der Waals surface area contributed by atoms with Gasteiger partial charge in [0.25, 0.3) is 10.0 Å². The predicted octanol–water partition coefficient (Wildman–Crippen LogP) is 5.72. The Morgan fingerprint density at radius 1 is 0.826 bits per heavy atom. The molecule has 1 atom stereocenters. The lowest BCUT2D eigenvalue weighted by Crippen LogP contribution is -2.54. The smallest absolute Gasteiger partial charge is 0.264 e. The highest BCUT2D eigenvalue weighted by Gasteiger charge is 2.35. The lowest BCUT2D eigenvalue weighted by Gasteiger charge is -2.34. The minimum atomic E-state index is -4.27. The molecular weight excluding hydrogens is 626 g/mol. The van der Waals surface area contributed by atoms with Gasteiger partial charge in [-0.2, -0.15) is 0 Å². The van der Waals surface area contributed by atoms with Gasteiger partial charge in [0.15, 0.2) is 11.5 Å². The van der Waals surface area contributed by atoms with Gasteiger partial charge in [-0.1, -0.05) is 78.3 Å². The third-order valence-corrected chi connectivity index (χ3v) is 9.42. The first-order valence-corrected chi connectivity index (χ1v) is 16.5. The maximum atomic E-state index is 14.6. The summed E-state index contributed by atoms with van der Waals surface area (Å²) in [4.78, 5) is 29.8. The number of sulfonamides is 1. The van der Waals surface area contributed by atoms with Crippen molar-refractivity contribution in [2.24, 2.45) is 0 Å². The molecule has 0 aromatic heterocycles. The van der Waals surface area contributed by atoms with Gasteiger partial charge in [-0.3, -0.25) is 13.9 Å². The number of benzene rings is 4. The molecule has 11 heteroatoms. The Morgan fingerprint density at radius 2 is 1.43 bits per heavy atom. The molecule has 2 amide bonds. The minimum absolute atomic E-state index is 0.00590. The fourth-order valence-electron chi connectivity index (χ4n) is 4.97. The molecule has 4 aromatic rings. The minimum Gasteiger partial charge on any atom is -0.493 e. The van der Waals surface area contributed by atoms with Gasteiger partial charge in [-0.05, 0) is 55.3 Å². The third-order valence-electron chi connectivity index (χ3n) is 7.27. The first-order valence-electron chi connectivity index (χ1n) is 14.7. The highest BCUT2D eigenvalue weighted by molar-refractivity contribution is 7.92. The molecule has 1 N–H and O–H groups in total. The van der Waals surface area contributed by atoms with Gasteiger partial charge in [-0.25, -0.2) is 8.42 Å². The molecule has 4 aromatic carbocycles. The molecule has 0 bridgehead atoms. The number of halogens is 1. The van der Waals surface area contributed by atoms with Crippen LogP contribution in [0, 0.1) is 0 Å². The van der Waals surface area contributed by atoms with E-state index in [1.54, 1.807) is 54.6 Å². The number of hydrogen-bond donors (Lipinski definition) is 1. The van der Waals surface area contributed by atoms with Crippen LogP contribution in [0.5, 0.6) is 11.5 Å². The summed E-state index contributed by atoms with van der Waals surface area (Å²) in [7, 11) is -1.36. The largest absolute Gasteiger partial charge is 0.493 e.